The van der Waals surface area contributed by atoms with Crippen LogP contribution in [0.2, 0.25) is 0 Å². The molecular weight excluding hydrogens is 292 g/mol. The minimum absolute atomic E-state index is 0.00326. The van der Waals surface area contributed by atoms with Crippen LogP contribution in [0.25, 0.3) is 0 Å². The molecule has 1 aromatic rings. The second kappa shape index (κ2) is 6.25. The molecule has 21 heavy (non-hydrogen) atoms. The molecule has 8 heteroatoms. The molecule has 2 aliphatic heterocycles. The summed E-state index contributed by atoms with van der Waals surface area (Å²) < 4.78 is 32.5. The third-order valence-electron chi connectivity index (χ3n) is 4.03. The lowest BCUT2D eigenvalue weighted by molar-refractivity contribution is 0.198. The van der Waals surface area contributed by atoms with Crippen LogP contribution in [-0.2, 0) is 14.8 Å². The van der Waals surface area contributed by atoms with Gasteiger partial charge in [-0.05, 0) is 31.4 Å². The summed E-state index contributed by atoms with van der Waals surface area (Å²) in [5.74, 6) is 0.850. The van der Waals surface area contributed by atoms with Gasteiger partial charge in [0.2, 0.25) is 10.0 Å². The first-order chi connectivity index (χ1) is 10.1. The van der Waals surface area contributed by atoms with Gasteiger partial charge in [0.1, 0.15) is 5.25 Å². The summed E-state index contributed by atoms with van der Waals surface area (Å²) in [5, 5.41) is 7.57. The second-order valence-electron chi connectivity index (χ2n) is 5.49. The summed E-state index contributed by atoms with van der Waals surface area (Å²) in [4.78, 5) is 2.14. The van der Waals surface area contributed by atoms with Crippen molar-refractivity contribution in [1.82, 2.24) is 14.9 Å². The monoisotopic (exact) mass is 312 g/mol. The molecule has 0 aromatic carbocycles. The van der Waals surface area contributed by atoms with Crippen molar-refractivity contribution in [2.75, 3.05) is 31.2 Å². The van der Waals surface area contributed by atoms with Crippen molar-refractivity contribution in [3.8, 4) is 0 Å². The summed E-state index contributed by atoms with van der Waals surface area (Å²) in [6, 6.07) is 3.79. The molecule has 2 fully saturated rings. The zero-order valence-corrected chi connectivity index (χ0v) is 12.6. The number of aromatic nitrogens is 2. The maximum atomic E-state index is 12.2. The fraction of sp³-hybridized carbons (Fsp3) is 0.692. The third kappa shape index (κ3) is 3.50. The average Bonchev–Trinajstić information content (AvgIpc) is 3.04. The highest BCUT2D eigenvalue weighted by Gasteiger charge is 2.32. The fourth-order valence-electron chi connectivity index (χ4n) is 2.77. The number of piperidine rings is 1. The zero-order chi connectivity index (χ0) is 14.7. The Hall–Kier alpha value is -1.25. The van der Waals surface area contributed by atoms with Crippen molar-refractivity contribution in [2.45, 2.75) is 30.6 Å². The van der Waals surface area contributed by atoms with E-state index in [1.165, 1.54) is 0 Å². The van der Waals surface area contributed by atoms with Gasteiger partial charge in [0.15, 0.2) is 5.82 Å². The first-order valence-corrected chi connectivity index (χ1v) is 8.81. The van der Waals surface area contributed by atoms with E-state index in [1.807, 2.05) is 12.1 Å². The Labute approximate surface area is 124 Å². The number of hydrogen-bond acceptors (Lipinski definition) is 6. The van der Waals surface area contributed by atoms with Gasteiger partial charge in [-0.25, -0.2) is 13.1 Å². The lowest BCUT2D eigenvalue weighted by Gasteiger charge is -2.33. The Kier molecular flexibility index (Phi) is 4.37. The Bertz CT molecular complexity index is 552. The molecule has 0 spiro atoms. The van der Waals surface area contributed by atoms with Crippen molar-refractivity contribution < 1.29 is 13.2 Å². The summed E-state index contributed by atoms with van der Waals surface area (Å²) in [6.07, 6.45) is 3.80. The minimum Gasteiger partial charge on any atom is -0.380 e. The maximum Gasteiger partial charge on any atom is 0.217 e. The largest absolute Gasteiger partial charge is 0.380 e. The Morgan fingerprint density at radius 3 is 2.71 bits per heavy atom. The molecule has 3 heterocycles. The van der Waals surface area contributed by atoms with Crippen LogP contribution in [0.1, 0.15) is 19.3 Å². The molecule has 0 amide bonds. The van der Waals surface area contributed by atoms with E-state index < -0.39 is 15.3 Å². The number of anilines is 1. The molecule has 1 unspecified atom stereocenters. The maximum absolute atomic E-state index is 12.2. The van der Waals surface area contributed by atoms with Gasteiger partial charge in [0.25, 0.3) is 0 Å². The topological polar surface area (TPSA) is 84.4 Å². The van der Waals surface area contributed by atoms with Gasteiger partial charge in [0.05, 0.1) is 6.61 Å². The van der Waals surface area contributed by atoms with E-state index in [9.17, 15) is 8.42 Å². The molecule has 3 rings (SSSR count). The molecule has 1 atom stereocenters. The highest BCUT2D eigenvalue weighted by Crippen LogP contribution is 2.19. The van der Waals surface area contributed by atoms with Crippen LogP contribution in [0.3, 0.4) is 0 Å². The molecule has 0 saturated carbocycles. The van der Waals surface area contributed by atoms with E-state index in [-0.39, 0.29) is 6.04 Å². The Morgan fingerprint density at radius 2 is 2.10 bits per heavy atom. The van der Waals surface area contributed by atoms with Crippen molar-refractivity contribution >= 4 is 15.8 Å². The third-order valence-corrected chi connectivity index (χ3v) is 5.95. The van der Waals surface area contributed by atoms with Crippen molar-refractivity contribution in [3.05, 3.63) is 18.3 Å². The van der Waals surface area contributed by atoms with Gasteiger partial charge in [-0.3, -0.25) is 0 Å². The quantitative estimate of drug-likeness (QED) is 0.852. The lowest BCUT2D eigenvalue weighted by Crippen LogP contribution is -2.47. The molecule has 0 bridgehead atoms. The molecule has 0 aliphatic carbocycles. The molecular formula is C13H20N4O3S. The molecule has 2 saturated heterocycles. The van der Waals surface area contributed by atoms with E-state index in [1.54, 1.807) is 6.20 Å². The first-order valence-electron chi connectivity index (χ1n) is 7.27. The summed E-state index contributed by atoms with van der Waals surface area (Å²) >= 11 is 0. The zero-order valence-electron chi connectivity index (χ0n) is 11.8. The van der Waals surface area contributed by atoms with Gasteiger partial charge in [0, 0.05) is 31.9 Å². The SMILES string of the molecule is O=S(=O)(NC1CCN(c2cccnn2)CC1)C1CCOC1. The molecule has 2 aliphatic rings. The molecule has 116 valence electrons. The van der Waals surface area contributed by atoms with E-state index in [0.29, 0.717) is 19.6 Å². The Morgan fingerprint density at radius 1 is 1.29 bits per heavy atom. The van der Waals surface area contributed by atoms with E-state index in [2.05, 4.69) is 19.8 Å². The summed E-state index contributed by atoms with van der Waals surface area (Å²) in [7, 11) is -3.26. The van der Waals surface area contributed by atoms with Crippen LogP contribution in [0.4, 0.5) is 5.82 Å². The number of hydrogen-bond donors (Lipinski definition) is 1. The second-order valence-corrected chi connectivity index (χ2v) is 7.48. The van der Waals surface area contributed by atoms with Gasteiger partial charge in [-0.15, -0.1) is 5.10 Å². The van der Waals surface area contributed by atoms with Gasteiger partial charge < -0.3 is 9.64 Å². The van der Waals surface area contributed by atoms with E-state index >= 15 is 0 Å². The van der Waals surface area contributed by atoms with Crippen molar-refractivity contribution in [3.63, 3.8) is 0 Å². The molecule has 7 nitrogen and oxygen atoms in total. The number of ether oxygens (including phenoxy) is 1. The van der Waals surface area contributed by atoms with Crippen LogP contribution in [0.15, 0.2) is 18.3 Å². The molecule has 0 radical (unpaired) electrons. The molecule has 1 aromatic heterocycles. The van der Waals surface area contributed by atoms with Crippen molar-refractivity contribution in [2.24, 2.45) is 0 Å². The summed E-state index contributed by atoms with van der Waals surface area (Å²) in [6.45, 7) is 2.42. The van der Waals surface area contributed by atoms with E-state index in [4.69, 9.17) is 4.74 Å². The number of rotatable bonds is 4. The fourth-order valence-corrected chi connectivity index (χ4v) is 4.35. The predicted molar refractivity (Wildman–Crippen MR) is 78.5 cm³/mol. The summed E-state index contributed by atoms with van der Waals surface area (Å²) in [5.41, 5.74) is 0. The highest BCUT2D eigenvalue weighted by atomic mass is 32.2. The van der Waals surface area contributed by atoms with Gasteiger partial charge >= 0.3 is 0 Å². The lowest BCUT2D eigenvalue weighted by atomic mass is 10.1. The average molecular weight is 312 g/mol. The van der Waals surface area contributed by atoms with Crippen LogP contribution < -0.4 is 9.62 Å². The van der Waals surface area contributed by atoms with Crippen LogP contribution >= 0.6 is 0 Å². The van der Waals surface area contributed by atoms with Gasteiger partial charge in [-0.1, -0.05) is 0 Å². The number of nitrogens with zero attached hydrogens (tertiary/aromatic N) is 3. The van der Waals surface area contributed by atoms with Crippen molar-refractivity contribution in [1.29, 1.82) is 0 Å². The number of nitrogens with one attached hydrogen (secondary N) is 1. The molecule has 1 N–H and O–H groups in total. The van der Waals surface area contributed by atoms with Gasteiger partial charge in [-0.2, -0.15) is 5.10 Å². The number of sulfonamides is 1. The predicted octanol–water partition coefficient (Wildman–Crippen LogP) is 0.154. The smallest absolute Gasteiger partial charge is 0.217 e. The standard InChI is InChI=1S/C13H20N4O3S/c18-21(19,12-5-9-20-10-12)16-11-3-7-17(8-4-11)13-2-1-6-14-15-13/h1-2,6,11-12,16H,3-5,7-10H2. The normalized spacial score (nSPS) is 24.4. The van der Waals surface area contributed by atoms with Crippen LogP contribution in [0, 0.1) is 0 Å². The Balaban J connectivity index is 1.54. The van der Waals surface area contributed by atoms with E-state index in [0.717, 1.165) is 31.7 Å². The van der Waals surface area contributed by atoms with Crippen LogP contribution in [-0.4, -0.2) is 56.2 Å². The van der Waals surface area contributed by atoms with Crippen LogP contribution in [0.5, 0.6) is 0 Å². The minimum atomic E-state index is -3.26. The first kappa shape index (κ1) is 14.7. The highest BCUT2D eigenvalue weighted by molar-refractivity contribution is 7.90.